The summed E-state index contributed by atoms with van der Waals surface area (Å²) in [6.45, 7) is 2.30. The quantitative estimate of drug-likeness (QED) is 0.182. The number of fused-ring (bicyclic) bond motifs is 9. The zero-order valence-electron chi connectivity index (χ0n) is 30.9. The molecule has 0 spiro atoms. The van der Waals surface area contributed by atoms with Crippen molar-refractivity contribution in [3.05, 3.63) is 190 Å². The van der Waals surface area contributed by atoms with Crippen molar-refractivity contribution >= 4 is 44.9 Å². The van der Waals surface area contributed by atoms with E-state index < -0.39 is 0 Å². The maximum Gasteiger partial charge on any atom is 0.134 e. The second kappa shape index (κ2) is 12.7. The first kappa shape index (κ1) is 31.7. The molecule has 0 fully saturated rings. The fourth-order valence-electron chi connectivity index (χ4n) is 10.3. The third kappa shape index (κ3) is 4.80. The van der Waals surface area contributed by atoms with Gasteiger partial charge in [-0.05, 0) is 132 Å². The lowest BCUT2D eigenvalue weighted by atomic mass is 9.88. The van der Waals surface area contributed by atoms with E-state index in [-0.39, 0.29) is 12.0 Å². The number of rotatable bonds is 5. The molecular weight excluding hydrogens is 657 g/mol. The van der Waals surface area contributed by atoms with Gasteiger partial charge in [0.05, 0.1) is 6.04 Å². The summed E-state index contributed by atoms with van der Waals surface area (Å²) in [6.07, 6.45) is 29.3. The second-order valence-corrected chi connectivity index (χ2v) is 15.5. The molecule has 264 valence electrons. The van der Waals surface area contributed by atoms with Crippen LogP contribution in [0.5, 0.6) is 0 Å². The van der Waals surface area contributed by atoms with Crippen LogP contribution in [0.1, 0.15) is 78.5 Å². The smallest absolute Gasteiger partial charge is 0.134 e. The second-order valence-electron chi connectivity index (χ2n) is 15.5. The molecule has 0 radical (unpaired) electrons. The van der Waals surface area contributed by atoms with Crippen molar-refractivity contribution in [3.63, 3.8) is 0 Å². The molecule has 1 aromatic heterocycles. The Bertz CT molecular complexity index is 2580. The van der Waals surface area contributed by atoms with Crippen molar-refractivity contribution in [2.75, 3.05) is 9.80 Å². The first-order chi connectivity index (χ1) is 26.8. The van der Waals surface area contributed by atoms with Crippen LogP contribution in [0.2, 0.25) is 0 Å². The maximum absolute atomic E-state index is 6.50. The number of allylic oxidation sites excluding steroid dienone is 12. The fourth-order valence-corrected chi connectivity index (χ4v) is 10.3. The first-order valence-electron chi connectivity index (χ1n) is 20.1. The molecule has 5 aliphatic carbocycles. The summed E-state index contributed by atoms with van der Waals surface area (Å²) in [5.41, 5.74) is 20.1. The summed E-state index contributed by atoms with van der Waals surface area (Å²) in [7, 11) is 0. The van der Waals surface area contributed by atoms with E-state index in [0.717, 1.165) is 44.1 Å². The van der Waals surface area contributed by atoms with Crippen LogP contribution in [0.4, 0.5) is 22.7 Å². The lowest BCUT2D eigenvalue weighted by Gasteiger charge is -2.33. The molecule has 6 aliphatic rings. The average molecular weight is 701 g/mol. The van der Waals surface area contributed by atoms with Crippen molar-refractivity contribution in [2.45, 2.75) is 70.3 Å². The minimum Gasteiger partial charge on any atom is -0.461 e. The van der Waals surface area contributed by atoms with E-state index in [1.165, 1.54) is 103 Å². The normalized spacial score (nSPS) is 21.9. The molecule has 3 nitrogen and oxygen atoms in total. The van der Waals surface area contributed by atoms with Gasteiger partial charge in [-0.3, -0.25) is 0 Å². The minimum absolute atomic E-state index is 0.247. The van der Waals surface area contributed by atoms with Gasteiger partial charge in [-0.2, -0.15) is 0 Å². The Balaban J connectivity index is 1.16. The van der Waals surface area contributed by atoms with Gasteiger partial charge in [0.15, 0.2) is 0 Å². The van der Waals surface area contributed by atoms with E-state index in [1.807, 2.05) is 0 Å². The number of hydrogen-bond acceptors (Lipinski definition) is 3. The molecule has 0 saturated heterocycles. The largest absolute Gasteiger partial charge is 0.461 e. The van der Waals surface area contributed by atoms with Gasteiger partial charge in [-0.1, -0.05) is 98.0 Å². The SMILES string of the molecule is CCc1cccc2c1/C(=C1/C=CC=CC1)C1=CCCC(N(c3ccc4c(c3)C3C=CC=CC3N4c3ccccc3)c3ccc4oc5c(c4c3)CCCC5)=C12. The van der Waals surface area contributed by atoms with Gasteiger partial charge in [-0.25, -0.2) is 0 Å². The van der Waals surface area contributed by atoms with Crippen LogP contribution in [-0.2, 0) is 19.3 Å². The van der Waals surface area contributed by atoms with E-state index in [9.17, 15) is 0 Å². The number of nitrogens with zero attached hydrogens (tertiary/aromatic N) is 2. The predicted molar refractivity (Wildman–Crippen MR) is 225 cm³/mol. The molecule has 2 unspecified atom stereocenters. The lowest BCUT2D eigenvalue weighted by molar-refractivity contribution is 0.506. The molecule has 0 bridgehead atoms. The van der Waals surface area contributed by atoms with Crippen molar-refractivity contribution in [2.24, 2.45) is 0 Å². The van der Waals surface area contributed by atoms with Crippen molar-refractivity contribution < 1.29 is 4.42 Å². The predicted octanol–water partition coefficient (Wildman–Crippen LogP) is 13.2. The Morgan fingerprint density at radius 3 is 2.56 bits per heavy atom. The molecule has 11 rings (SSSR count). The molecule has 0 N–H and O–H groups in total. The Kier molecular flexibility index (Phi) is 7.43. The van der Waals surface area contributed by atoms with Gasteiger partial charge in [0.1, 0.15) is 11.3 Å². The summed E-state index contributed by atoms with van der Waals surface area (Å²) in [4.78, 5) is 5.16. The zero-order chi connectivity index (χ0) is 35.8. The summed E-state index contributed by atoms with van der Waals surface area (Å²) in [5.74, 6) is 1.46. The summed E-state index contributed by atoms with van der Waals surface area (Å²) in [5, 5.41) is 1.28. The molecular formula is C51H44N2O. The number of aryl methyl sites for hydroxylation is 3. The van der Waals surface area contributed by atoms with Crippen LogP contribution in [0.25, 0.3) is 22.1 Å². The number of anilines is 4. The van der Waals surface area contributed by atoms with Crippen LogP contribution in [0, 0.1) is 0 Å². The van der Waals surface area contributed by atoms with Crippen LogP contribution >= 0.6 is 0 Å². The molecule has 2 atom stereocenters. The first-order valence-corrected chi connectivity index (χ1v) is 20.1. The molecule has 54 heavy (non-hydrogen) atoms. The van der Waals surface area contributed by atoms with Crippen molar-refractivity contribution in [3.8, 4) is 0 Å². The summed E-state index contributed by atoms with van der Waals surface area (Å²) >= 11 is 0. The van der Waals surface area contributed by atoms with Gasteiger partial charge in [0.2, 0.25) is 0 Å². The van der Waals surface area contributed by atoms with E-state index in [2.05, 4.69) is 156 Å². The van der Waals surface area contributed by atoms with Crippen LogP contribution < -0.4 is 9.80 Å². The number of para-hydroxylation sites is 1. The fraction of sp³-hybridized carbons (Fsp3) is 0.216. The van der Waals surface area contributed by atoms with Gasteiger partial charge < -0.3 is 14.2 Å². The lowest BCUT2D eigenvalue weighted by Crippen LogP contribution is -2.28. The molecule has 0 saturated carbocycles. The molecule has 2 heterocycles. The highest BCUT2D eigenvalue weighted by atomic mass is 16.3. The van der Waals surface area contributed by atoms with E-state index in [4.69, 9.17) is 4.42 Å². The highest BCUT2D eigenvalue weighted by molar-refractivity contribution is 6.12. The van der Waals surface area contributed by atoms with E-state index in [1.54, 1.807) is 0 Å². The van der Waals surface area contributed by atoms with Crippen LogP contribution in [-0.4, -0.2) is 6.04 Å². The van der Waals surface area contributed by atoms with Gasteiger partial charge in [-0.15, -0.1) is 0 Å². The molecule has 1 aliphatic heterocycles. The van der Waals surface area contributed by atoms with E-state index >= 15 is 0 Å². The Morgan fingerprint density at radius 2 is 1.67 bits per heavy atom. The molecule has 0 amide bonds. The summed E-state index contributed by atoms with van der Waals surface area (Å²) in [6, 6.07) is 32.4. The Hall–Kier alpha value is -5.80. The van der Waals surface area contributed by atoms with Gasteiger partial charge >= 0.3 is 0 Å². The average Bonchev–Trinajstić information content (AvgIpc) is 3.89. The minimum atomic E-state index is 0.247. The van der Waals surface area contributed by atoms with Crippen LogP contribution in [0.3, 0.4) is 0 Å². The Morgan fingerprint density at radius 1 is 0.796 bits per heavy atom. The van der Waals surface area contributed by atoms with Crippen LogP contribution in [0.15, 0.2) is 161 Å². The standard InChI is InChI=1S/C51H44N2O/c1-2-33-17-13-22-40-49(33)50(34-15-5-3-6-16-34)41-23-14-25-46(51(40)41)52(37-28-30-48-43(32-37)39-21-10-12-26-47(39)54-48)36-27-29-45-42(31-36)38-20-9-11-24-44(38)53(45)35-18-7-4-8-19-35/h3-9,11,13,15,17-20,22-24,27-32,38,44H,2,10,12,14,16,21,25-26H2,1H3/b50-34-. The number of furan rings is 1. The topological polar surface area (TPSA) is 19.6 Å². The third-order valence-corrected chi connectivity index (χ3v) is 12.6. The zero-order valence-corrected chi connectivity index (χ0v) is 30.9. The maximum atomic E-state index is 6.50. The van der Waals surface area contributed by atoms with Crippen molar-refractivity contribution in [1.29, 1.82) is 0 Å². The molecule has 5 aromatic rings. The van der Waals surface area contributed by atoms with E-state index in [0.29, 0.717) is 0 Å². The third-order valence-electron chi connectivity index (χ3n) is 12.6. The van der Waals surface area contributed by atoms with Gasteiger partial charge in [0.25, 0.3) is 0 Å². The monoisotopic (exact) mass is 700 g/mol. The molecule has 4 aromatic carbocycles. The number of benzene rings is 4. The summed E-state index contributed by atoms with van der Waals surface area (Å²) < 4.78 is 6.50. The van der Waals surface area contributed by atoms with Gasteiger partial charge in [0, 0.05) is 57.3 Å². The molecule has 3 heteroatoms. The highest BCUT2D eigenvalue weighted by Gasteiger charge is 2.39. The number of hydrogen-bond donors (Lipinski definition) is 0. The Labute approximate surface area is 318 Å². The van der Waals surface area contributed by atoms with Crippen molar-refractivity contribution in [1.82, 2.24) is 0 Å². The highest BCUT2D eigenvalue weighted by Crippen LogP contribution is 2.56.